The molecule has 0 amide bonds. The molecule has 0 unspecified atom stereocenters. The summed E-state index contributed by atoms with van der Waals surface area (Å²) in [6.45, 7) is 6.78. The van der Waals surface area contributed by atoms with Crippen molar-refractivity contribution in [3.05, 3.63) is 233 Å². The molecule has 7 nitrogen and oxygen atoms in total. The summed E-state index contributed by atoms with van der Waals surface area (Å²) in [6, 6.07) is 76.5. The Morgan fingerprint density at radius 3 is 1.37 bits per heavy atom. The molecule has 0 N–H and O–H groups in total. The molecule has 4 aromatic heterocycles. The maximum absolute atomic E-state index is 5.68. The second-order valence-electron chi connectivity index (χ2n) is 21.4. The molecule has 0 radical (unpaired) electrons. The smallest absolute Gasteiger partial charge is 0.166 e. The molecule has 4 heterocycles. The van der Waals surface area contributed by atoms with Crippen molar-refractivity contribution in [3.63, 3.8) is 0 Å². The van der Waals surface area contributed by atoms with Crippen LogP contribution in [0.25, 0.3) is 123 Å². The van der Waals surface area contributed by atoms with Crippen LogP contribution in [0.15, 0.2) is 212 Å². The van der Waals surface area contributed by atoms with Crippen molar-refractivity contribution in [2.45, 2.75) is 78.6 Å². The van der Waals surface area contributed by atoms with Crippen LogP contribution in [-0.2, 0) is 19.3 Å². The molecule has 0 aliphatic rings. The molecule has 0 aliphatic heterocycles. The maximum atomic E-state index is 5.68. The summed E-state index contributed by atoms with van der Waals surface area (Å²) in [6.07, 6.45) is 9.65. The average Bonchev–Trinajstić information content (AvgIpc) is 3.51. The fourth-order valence-electron chi connectivity index (χ4n) is 11.7. The quantitative estimate of drug-likeness (QED) is 0.0850. The van der Waals surface area contributed by atoms with Crippen molar-refractivity contribution in [1.82, 2.24) is 34.1 Å². The molecule has 13 aromatic rings. The highest BCUT2D eigenvalue weighted by atomic mass is 127. The number of para-hydroxylation sites is 3. The maximum Gasteiger partial charge on any atom is 0.166 e. The Bertz CT molecular complexity index is 4350. The van der Waals surface area contributed by atoms with Crippen molar-refractivity contribution in [2.75, 3.05) is 0 Å². The number of aromatic nitrogens is 7. The molecule has 0 saturated heterocycles. The first-order valence-corrected chi connectivity index (χ1v) is 29.8. The van der Waals surface area contributed by atoms with E-state index in [2.05, 4.69) is 253 Å². The van der Waals surface area contributed by atoms with E-state index in [0.717, 1.165) is 150 Å². The van der Waals surface area contributed by atoms with E-state index in [1.54, 1.807) is 0 Å². The summed E-state index contributed by atoms with van der Waals surface area (Å²) in [5.41, 5.74) is 17.8. The minimum Gasteiger partial charge on any atom is -0.309 e. The van der Waals surface area contributed by atoms with E-state index in [-0.39, 0.29) is 0 Å². The fraction of sp³-hybridized carbons (Fsp3) is 0.164. The second-order valence-corrected chi connectivity index (χ2v) is 22.6. The molecule has 13 rings (SSSR count). The summed E-state index contributed by atoms with van der Waals surface area (Å²) >= 11 is 2.46. The van der Waals surface area contributed by atoms with Crippen LogP contribution in [0.3, 0.4) is 0 Å². The highest BCUT2D eigenvalue weighted by Crippen LogP contribution is 2.43. The molecule has 0 atom stereocenters. The summed E-state index contributed by atoms with van der Waals surface area (Å²) in [4.78, 5) is 27.6. The Balaban J connectivity index is 1.13. The van der Waals surface area contributed by atoms with Gasteiger partial charge in [0, 0.05) is 64.2 Å². The molecule has 396 valence electrons. The highest BCUT2D eigenvalue weighted by molar-refractivity contribution is 14.1. The van der Waals surface area contributed by atoms with Gasteiger partial charge in [0.2, 0.25) is 0 Å². The summed E-state index contributed by atoms with van der Waals surface area (Å²) in [5.74, 6) is 2.47. The average molecular weight is 1160 g/mol. The number of unbranched alkanes of at least 4 members (excludes halogenated alkanes) is 3. The largest absolute Gasteiger partial charge is 0.309 e. The van der Waals surface area contributed by atoms with Gasteiger partial charge in [-0.3, -0.25) is 0 Å². The number of halogens is 1. The third-order valence-corrected chi connectivity index (χ3v) is 16.3. The number of benzene rings is 9. The first-order valence-electron chi connectivity index (χ1n) is 28.8. The molecule has 9 aromatic carbocycles. The van der Waals surface area contributed by atoms with Gasteiger partial charge in [0.05, 0.1) is 39.1 Å². The van der Waals surface area contributed by atoms with Crippen LogP contribution in [-0.4, -0.2) is 34.1 Å². The van der Waals surface area contributed by atoms with Crippen LogP contribution in [0.2, 0.25) is 0 Å². The fourth-order valence-corrected chi connectivity index (χ4v) is 12.4. The Labute approximate surface area is 487 Å². The SMILES string of the molecule is CCCCc1cc(I)cc(-c2nc(-c3cc(CCCC)cc(CCCC)c3)nc(-c3cc(-c4nc(-c5ccccc5)cc(-c5ccccc5)n4)ccc3-n3c4ccccc4c4cc5c6ccccc6n(-c6ccccc6)c5cc43)n2)c1. The predicted molar refractivity (Wildman–Crippen MR) is 345 cm³/mol. The summed E-state index contributed by atoms with van der Waals surface area (Å²) in [5, 5.41) is 4.73. The van der Waals surface area contributed by atoms with Crippen LogP contribution in [0.1, 0.15) is 76.0 Å². The zero-order valence-electron chi connectivity index (χ0n) is 46.1. The number of nitrogens with zero attached hydrogens (tertiary/aromatic N) is 7. The van der Waals surface area contributed by atoms with E-state index in [1.807, 2.05) is 12.1 Å². The van der Waals surface area contributed by atoms with Crippen LogP contribution >= 0.6 is 22.6 Å². The Kier molecular flexibility index (Phi) is 14.6. The van der Waals surface area contributed by atoms with Gasteiger partial charge in [0.25, 0.3) is 0 Å². The van der Waals surface area contributed by atoms with Gasteiger partial charge in [-0.25, -0.2) is 24.9 Å². The van der Waals surface area contributed by atoms with Gasteiger partial charge in [0.1, 0.15) is 0 Å². The second kappa shape index (κ2) is 22.9. The summed E-state index contributed by atoms with van der Waals surface area (Å²) in [7, 11) is 0. The Morgan fingerprint density at radius 1 is 0.333 bits per heavy atom. The minimum atomic E-state index is 0.572. The van der Waals surface area contributed by atoms with E-state index in [4.69, 9.17) is 24.9 Å². The molecule has 81 heavy (non-hydrogen) atoms. The van der Waals surface area contributed by atoms with Gasteiger partial charge in [-0.15, -0.1) is 0 Å². The van der Waals surface area contributed by atoms with Gasteiger partial charge < -0.3 is 9.13 Å². The number of rotatable bonds is 17. The van der Waals surface area contributed by atoms with Crippen molar-refractivity contribution in [1.29, 1.82) is 0 Å². The van der Waals surface area contributed by atoms with Crippen molar-refractivity contribution in [2.24, 2.45) is 0 Å². The molecule has 0 bridgehead atoms. The first-order chi connectivity index (χ1) is 39.9. The van der Waals surface area contributed by atoms with Crippen LogP contribution in [0, 0.1) is 3.57 Å². The van der Waals surface area contributed by atoms with E-state index in [9.17, 15) is 0 Å². The monoisotopic (exact) mass is 1160 g/mol. The predicted octanol–water partition coefficient (Wildman–Crippen LogP) is 19.5. The van der Waals surface area contributed by atoms with E-state index in [0.29, 0.717) is 23.3 Å². The highest BCUT2D eigenvalue weighted by Gasteiger charge is 2.24. The van der Waals surface area contributed by atoms with Crippen molar-refractivity contribution < 1.29 is 0 Å². The standard InChI is InChI=1S/C73H62IN7/c1-4-7-23-48-38-49(24-8-5-2)40-54(39-48)71-77-72(55-41-50(25-9-6-3)42-56(74)43-55)79-73(78-71)62-44-53(70-75-63(51-26-13-10-14-27-51)46-64(76-70)52-28-15-11-16-29-52)36-37-67(62)81-66-35-22-20-33-59(66)61-45-60-58-32-19-21-34-65(58)80(68(60)47-69(61)81)57-30-17-12-18-31-57/h10-22,26-47H,4-9,23-25H2,1-3H3. The topological polar surface area (TPSA) is 74.3 Å². The van der Waals surface area contributed by atoms with Gasteiger partial charge >= 0.3 is 0 Å². The van der Waals surface area contributed by atoms with Crippen molar-refractivity contribution in [3.8, 4) is 79.4 Å². The third-order valence-electron chi connectivity index (χ3n) is 15.7. The number of fused-ring (bicyclic) bond motifs is 6. The zero-order valence-corrected chi connectivity index (χ0v) is 48.2. The van der Waals surface area contributed by atoms with Gasteiger partial charge in [-0.05, 0) is 169 Å². The van der Waals surface area contributed by atoms with Gasteiger partial charge in [-0.1, -0.05) is 161 Å². The van der Waals surface area contributed by atoms with E-state index >= 15 is 0 Å². The lowest BCUT2D eigenvalue weighted by molar-refractivity contribution is 0.780. The summed E-state index contributed by atoms with van der Waals surface area (Å²) < 4.78 is 5.99. The lowest BCUT2D eigenvalue weighted by Gasteiger charge is -2.17. The minimum absolute atomic E-state index is 0.572. The normalized spacial score (nSPS) is 11.7. The molecule has 0 spiro atoms. The Morgan fingerprint density at radius 2 is 0.802 bits per heavy atom. The van der Waals surface area contributed by atoms with Gasteiger partial charge in [0.15, 0.2) is 23.3 Å². The zero-order chi connectivity index (χ0) is 54.8. The van der Waals surface area contributed by atoms with Gasteiger partial charge in [-0.2, -0.15) is 0 Å². The lowest BCUT2D eigenvalue weighted by Crippen LogP contribution is -2.05. The Hall–Kier alpha value is -8.60. The molecular formula is C73H62IN7. The van der Waals surface area contributed by atoms with Crippen molar-refractivity contribution >= 4 is 66.2 Å². The molecule has 0 fully saturated rings. The molecular weight excluding hydrogens is 1100 g/mol. The number of hydrogen-bond donors (Lipinski definition) is 0. The number of hydrogen-bond acceptors (Lipinski definition) is 5. The van der Waals surface area contributed by atoms with Crippen LogP contribution in [0.4, 0.5) is 0 Å². The molecule has 0 aliphatic carbocycles. The van der Waals surface area contributed by atoms with E-state index in [1.165, 1.54) is 27.5 Å². The van der Waals surface area contributed by atoms with Crippen LogP contribution < -0.4 is 0 Å². The first kappa shape index (κ1) is 51.8. The molecule has 0 saturated carbocycles. The lowest BCUT2D eigenvalue weighted by atomic mass is 9.98. The molecule has 8 heteroatoms. The van der Waals surface area contributed by atoms with E-state index < -0.39 is 0 Å². The third kappa shape index (κ3) is 10.3. The van der Waals surface area contributed by atoms with Crippen LogP contribution in [0.5, 0.6) is 0 Å². The number of aryl methyl sites for hydroxylation is 3.